The van der Waals surface area contributed by atoms with Crippen molar-refractivity contribution < 1.29 is 14.9 Å². The summed E-state index contributed by atoms with van der Waals surface area (Å²) in [7, 11) is 3.78. The minimum atomic E-state index is -1.04. The Hall–Kier alpha value is -0.160. The van der Waals surface area contributed by atoms with Crippen LogP contribution in [0.3, 0.4) is 0 Å². The smallest absolute Gasteiger partial charge is 0.182 e. The Labute approximate surface area is 72.7 Å². The molecule has 0 aromatic heterocycles. The first kappa shape index (κ1) is 9.92. The van der Waals surface area contributed by atoms with Gasteiger partial charge in [0.1, 0.15) is 6.10 Å². The van der Waals surface area contributed by atoms with Crippen LogP contribution in [-0.2, 0) is 4.74 Å². The van der Waals surface area contributed by atoms with Gasteiger partial charge in [-0.1, -0.05) is 0 Å². The number of aliphatic hydroxyl groups is 2. The third-order valence-corrected chi connectivity index (χ3v) is 2.29. The summed E-state index contributed by atoms with van der Waals surface area (Å²) in [4.78, 5) is 1.91. The van der Waals surface area contributed by atoms with Crippen molar-refractivity contribution in [1.82, 2.24) is 4.90 Å². The van der Waals surface area contributed by atoms with E-state index in [4.69, 9.17) is 4.74 Å². The highest BCUT2D eigenvalue weighted by Crippen LogP contribution is 2.21. The fraction of sp³-hybridized carbons (Fsp3) is 1.00. The Morgan fingerprint density at radius 2 is 1.92 bits per heavy atom. The van der Waals surface area contributed by atoms with Crippen molar-refractivity contribution in [2.45, 2.75) is 37.9 Å². The van der Waals surface area contributed by atoms with Gasteiger partial charge in [0.15, 0.2) is 6.29 Å². The lowest BCUT2D eigenvalue weighted by Gasteiger charge is -2.38. The molecule has 1 saturated heterocycles. The van der Waals surface area contributed by atoms with Crippen LogP contribution in [-0.4, -0.2) is 53.7 Å². The van der Waals surface area contributed by atoms with E-state index < -0.39 is 12.4 Å². The minimum Gasteiger partial charge on any atom is -0.386 e. The molecule has 0 aliphatic carbocycles. The molecule has 4 atom stereocenters. The predicted octanol–water partition coefficient (Wildman–Crippen LogP) is -0.595. The van der Waals surface area contributed by atoms with Crippen LogP contribution in [0.5, 0.6) is 0 Å². The number of hydrogen-bond donors (Lipinski definition) is 2. The van der Waals surface area contributed by atoms with Crippen LogP contribution >= 0.6 is 0 Å². The molecule has 0 spiro atoms. The summed E-state index contributed by atoms with van der Waals surface area (Å²) < 4.78 is 5.06. The molecule has 2 unspecified atom stereocenters. The average molecular weight is 175 g/mol. The summed E-state index contributed by atoms with van der Waals surface area (Å²) in [5, 5.41) is 18.8. The van der Waals surface area contributed by atoms with Crippen LogP contribution in [0.2, 0.25) is 0 Å². The van der Waals surface area contributed by atoms with Crippen molar-refractivity contribution >= 4 is 0 Å². The standard InChI is InChI=1S/C8H17NO3/c1-5-4-6(9(2)3)7(10)8(11)12-5/h5-8,10-11H,4H2,1-3H3/t5-,6+,7?,8?/m1/s1. The van der Waals surface area contributed by atoms with E-state index >= 15 is 0 Å². The van der Waals surface area contributed by atoms with Crippen molar-refractivity contribution in [3.8, 4) is 0 Å². The molecule has 1 aliphatic rings. The zero-order valence-electron chi connectivity index (χ0n) is 7.77. The first-order chi connectivity index (χ1) is 5.52. The Balaban J connectivity index is 2.60. The van der Waals surface area contributed by atoms with Crippen molar-refractivity contribution in [2.75, 3.05) is 14.1 Å². The Bertz CT molecular complexity index is 151. The molecule has 72 valence electrons. The average Bonchev–Trinajstić information content (AvgIpc) is 1.96. The molecule has 0 aromatic carbocycles. The van der Waals surface area contributed by atoms with Crippen molar-refractivity contribution in [1.29, 1.82) is 0 Å². The van der Waals surface area contributed by atoms with E-state index in [1.54, 1.807) is 0 Å². The van der Waals surface area contributed by atoms with Gasteiger partial charge >= 0.3 is 0 Å². The van der Waals surface area contributed by atoms with Gasteiger partial charge in [-0.05, 0) is 27.4 Å². The van der Waals surface area contributed by atoms with Crippen molar-refractivity contribution in [3.05, 3.63) is 0 Å². The molecule has 0 amide bonds. The number of likely N-dealkylation sites (N-methyl/N-ethyl adjacent to an activating group) is 1. The molecule has 1 rings (SSSR count). The van der Waals surface area contributed by atoms with Gasteiger partial charge < -0.3 is 19.8 Å². The van der Waals surface area contributed by atoms with E-state index in [-0.39, 0.29) is 12.1 Å². The highest BCUT2D eigenvalue weighted by atomic mass is 16.6. The first-order valence-corrected chi connectivity index (χ1v) is 4.20. The molecule has 0 radical (unpaired) electrons. The van der Waals surface area contributed by atoms with Gasteiger partial charge in [0.2, 0.25) is 0 Å². The SMILES string of the molecule is C[C@@H]1C[C@H](N(C)C)C(O)C(O)O1. The second-order valence-corrected chi connectivity index (χ2v) is 3.59. The lowest BCUT2D eigenvalue weighted by molar-refractivity contribution is -0.230. The number of nitrogens with zero attached hydrogens (tertiary/aromatic N) is 1. The number of aliphatic hydroxyl groups excluding tert-OH is 2. The fourth-order valence-corrected chi connectivity index (χ4v) is 1.56. The summed E-state index contributed by atoms with van der Waals surface area (Å²) in [6.07, 6.45) is -1.07. The monoisotopic (exact) mass is 175 g/mol. The van der Waals surface area contributed by atoms with Crippen LogP contribution in [0.15, 0.2) is 0 Å². The summed E-state index contributed by atoms with van der Waals surface area (Å²) in [6, 6.07) is -0.0104. The zero-order valence-corrected chi connectivity index (χ0v) is 7.77. The van der Waals surface area contributed by atoms with E-state index in [0.717, 1.165) is 6.42 Å². The minimum absolute atomic E-state index is 0.01000. The molecule has 1 fully saturated rings. The number of hydrogen-bond acceptors (Lipinski definition) is 4. The van der Waals surface area contributed by atoms with E-state index in [1.807, 2.05) is 25.9 Å². The summed E-state index contributed by atoms with van der Waals surface area (Å²) in [5.74, 6) is 0. The van der Waals surface area contributed by atoms with Gasteiger partial charge in [0, 0.05) is 6.04 Å². The lowest BCUT2D eigenvalue weighted by Crippen LogP contribution is -2.53. The second-order valence-electron chi connectivity index (χ2n) is 3.59. The van der Waals surface area contributed by atoms with Crippen LogP contribution in [0.1, 0.15) is 13.3 Å². The Kier molecular flexibility index (Phi) is 3.06. The van der Waals surface area contributed by atoms with E-state index in [0.29, 0.717) is 0 Å². The number of rotatable bonds is 1. The van der Waals surface area contributed by atoms with Crippen LogP contribution in [0.4, 0.5) is 0 Å². The lowest BCUT2D eigenvalue weighted by atomic mass is 9.99. The predicted molar refractivity (Wildman–Crippen MR) is 44.7 cm³/mol. The quantitative estimate of drug-likeness (QED) is 0.559. The van der Waals surface area contributed by atoms with E-state index in [9.17, 15) is 10.2 Å². The van der Waals surface area contributed by atoms with Gasteiger partial charge in [-0.2, -0.15) is 0 Å². The topological polar surface area (TPSA) is 52.9 Å². The molecular formula is C8H17NO3. The molecular weight excluding hydrogens is 158 g/mol. The molecule has 1 aliphatic heterocycles. The van der Waals surface area contributed by atoms with Crippen molar-refractivity contribution in [3.63, 3.8) is 0 Å². The molecule has 1 heterocycles. The van der Waals surface area contributed by atoms with Crippen LogP contribution < -0.4 is 0 Å². The summed E-state index contributed by atoms with van der Waals surface area (Å²) in [5.41, 5.74) is 0. The third-order valence-electron chi connectivity index (χ3n) is 2.29. The van der Waals surface area contributed by atoms with Crippen LogP contribution in [0.25, 0.3) is 0 Å². The highest BCUT2D eigenvalue weighted by molar-refractivity contribution is 4.84. The van der Waals surface area contributed by atoms with Gasteiger partial charge in [0.25, 0.3) is 0 Å². The van der Waals surface area contributed by atoms with E-state index in [2.05, 4.69) is 0 Å². The third kappa shape index (κ3) is 1.95. The molecule has 2 N–H and O–H groups in total. The molecule has 4 heteroatoms. The number of ether oxygens (including phenoxy) is 1. The molecule has 12 heavy (non-hydrogen) atoms. The first-order valence-electron chi connectivity index (χ1n) is 4.20. The molecule has 0 saturated carbocycles. The maximum absolute atomic E-state index is 9.51. The van der Waals surface area contributed by atoms with Gasteiger partial charge in [-0.25, -0.2) is 0 Å². The second kappa shape index (κ2) is 3.70. The highest BCUT2D eigenvalue weighted by Gasteiger charge is 2.35. The van der Waals surface area contributed by atoms with Crippen LogP contribution in [0, 0.1) is 0 Å². The van der Waals surface area contributed by atoms with Crippen molar-refractivity contribution in [2.24, 2.45) is 0 Å². The molecule has 0 bridgehead atoms. The largest absolute Gasteiger partial charge is 0.386 e. The summed E-state index contributed by atoms with van der Waals surface area (Å²) in [6.45, 7) is 1.89. The normalized spacial score (nSPS) is 43.5. The zero-order chi connectivity index (χ0) is 9.30. The molecule has 0 aromatic rings. The van der Waals surface area contributed by atoms with Gasteiger partial charge in [0.05, 0.1) is 6.10 Å². The maximum atomic E-state index is 9.51. The van der Waals surface area contributed by atoms with E-state index in [1.165, 1.54) is 0 Å². The maximum Gasteiger partial charge on any atom is 0.182 e. The fourth-order valence-electron chi connectivity index (χ4n) is 1.56. The van der Waals surface area contributed by atoms with Gasteiger partial charge in [-0.3, -0.25) is 0 Å². The Morgan fingerprint density at radius 1 is 1.33 bits per heavy atom. The molecule has 4 nitrogen and oxygen atoms in total. The Morgan fingerprint density at radius 3 is 2.42 bits per heavy atom. The van der Waals surface area contributed by atoms with Gasteiger partial charge in [-0.15, -0.1) is 0 Å². The summed E-state index contributed by atoms with van der Waals surface area (Å²) >= 11 is 0.